The van der Waals surface area contributed by atoms with Gasteiger partial charge in [0.2, 0.25) is 5.91 Å². The molecule has 4 heteroatoms. The van der Waals surface area contributed by atoms with Crippen molar-refractivity contribution < 1.29 is 9.53 Å². The summed E-state index contributed by atoms with van der Waals surface area (Å²) in [5, 5.41) is 2.36. The Kier molecular flexibility index (Phi) is 4.55. The summed E-state index contributed by atoms with van der Waals surface area (Å²) in [4.78, 5) is 11.1. The van der Waals surface area contributed by atoms with Crippen LogP contribution in [0.15, 0.2) is 36.4 Å². The number of primary amides is 1. The number of amides is 1. The van der Waals surface area contributed by atoms with Crippen molar-refractivity contribution in [3.05, 3.63) is 42.0 Å². The molecule has 0 radical (unpaired) electrons. The molecule has 0 aromatic heterocycles. The van der Waals surface area contributed by atoms with Crippen molar-refractivity contribution in [3.8, 4) is 5.75 Å². The molecule has 1 amide bonds. The van der Waals surface area contributed by atoms with Crippen molar-refractivity contribution in [2.45, 2.75) is 24.3 Å². The zero-order valence-corrected chi connectivity index (χ0v) is 12.7. The zero-order valence-electron chi connectivity index (χ0n) is 11.9. The summed E-state index contributed by atoms with van der Waals surface area (Å²) >= 11 is 1.58. The monoisotopic (exact) mass is 289 g/mol. The average Bonchev–Trinajstić information content (AvgIpc) is 2.45. The van der Waals surface area contributed by atoms with Crippen molar-refractivity contribution in [2.75, 3.05) is 7.11 Å². The lowest BCUT2D eigenvalue weighted by atomic mass is 10.1. The third-order valence-electron chi connectivity index (χ3n) is 3.35. The van der Waals surface area contributed by atoms with Crippen molar-refractivity contribution in [1.29, 1.82) is 0 Å². The Bertz CT molecular complexity index is 627. The Morgan fingerprint density at radius 3 is 2.45 bits per heavy atom. The summed E-state index contributed by atoms with van der Waals surface area (Å²) in [6, 6.07) is 12.3. The number of rotatable bonds is 5. The van der Waals surface area contributed by atoms with Gasteiger partial charge in [0.05, 0.1) is 12.4 Å². The van der Waals surface area contributed by atoms with Crippen LogP contribution in [0.5, 0.6) is 5.75 Å². The van der Waals surface area contributed by atoms with Gasteiger partial charge >= 0.3 is 0 Å². The van der Waals surface area contributed by atoms with Crippen molar-refractivity contribution in [1.82, 2.24) is 0 Å². The summed E-state index contributed by atoms with van der Waals surface area (Å²) in [5.74, 6) is 0.586. The largest absolute Gasteiger partial charge is 0.497 e. The van der Waals surface area contributed by atoms with Crippen LogP contribution in [0.3, 0.4) is 0 Å². The third kappa shape index (κ3) is 3.25. The SMILES string of the molecule is COc1ccc2cc([C@H](C)S[C@H](C)C(N)=O)ccc2c1. The number of methoxy groups -OCH3 is 1. The molecule has 0 heterocycles. The number of hydrogen-bond acceptors (Lipinski definition) is 3. The number of thioether (sulfide) groups is 1. The van der Waals surface area contributed by atoms with Crippen LogP contribution in [-0.4, -0.2) is 18.3 Å². The van der Waals surface area contributed by atoms with E-state index in [-0.39, 0.29) is 16.4 Å². The molecule has 3 nitrogen and oxygen atoms in total. The Balaban J connectivity index is 2.25. The highest BCUT2D eigenvalue weighted by molar-refractivity contribution is 8.00. The smallest absolute Gasteiger partial charge is 0.230 e. The Hall–Kier alpha value is -1.68. The predicted molar refractivity (Wildman–Crippen MR) is 85.2 cm³/mol. The quantitative estimate of drug-likeness (QED) is 0.916. The van der Waals surface area contributed by atoms with Crippen LogP contribution < -0.4 is 10.5 Å². The van der Waals surface area contributed by atoms with Crippen LogP contribution in [0.25, 0.3) is 10.8 Å². The predicted octanol–water partition coefficient (Wildman–Crippen LogP) is 3.52. The first-order valence-electron chi connectivity index (χ1n) is 6.53. The summed E-state index contributed by atoms with van der Waals surface area (Å²) in [7, 11) is 1.67. The first-order chi connectivity index (χ1) is 9.51. The van der Waals surface area contributed by atoms with E-state index in [0.29, 0.717) is 0 Å². The maximum Gasteiger partial charge on any atom is 0.230 e. The van der Waals surface area contributed by atoms with E-state index in [1.165, 1.54) is 10.9 Å². The number of carbonyl (C=O) groups excluding carboxylic acids is 1. The fourth-order valence-electron chi connectivity index (χ4n) is 2.07. The molecule has 106 valence electrons. The van der Waals surface area contributed by atoms with E-state index in [2.05, 4.69) is 25.1 Å². The molecule has 0 aliphatic heterocycles. The second-order valence-corrected chi connectivity index (χ2v) is 6.48. The highest BCUT2D eigenvalue weighted by atomic mass is 32.2. The molecule has 0 bridgehead atoms. The Morgan fingerprint density at radius 1 is 1.15 bits per heavy atom. The van der Waals surface area contributed by atoms with Gasteiger partial charge in [-0.15, -0.1) is 11.8 Å². The lowest BCUT2D eigenvalue weighted by molar-refractivity contribution is -0.117. The first-order valence-corrected chi connectivity index (χ1v) is 7.48. The molecule has 0 saturated heterocycles. The fourth-order valence-corrected chi connectivity index (χ4v) is 3.12. The van der Waals surface area contributed by atoms with Crippen LogP contribution in [-0.2, 0) is 4.79 Å². The molecule has 2 aromatic carbocycles. The lowest BCUT2D eigenvalue weighted by Gasteiger charge is -2.16. The first kappa shape index (κ1) is 14.7. The molecule has 2 aromatic rings. The normalized spacial score (nSPS) is 13.9. The van der Waals surface area contributed by atoms with Gasteiger partial charge in [-0.2, -0.15) is 0 Å². The number of nitrogens with two attached hydrogens (primary N) is 1. The molecule has 20 heavy (non-hydrogen) atoms. The van der Waals surface area contributed by atoms with Crippen molar-refractivity contribution >= 4 is 28.4 Å². The summed E-state index contributed by atoms with van der Waals surface area (Å²) in [6.07, 6.45) is 0. The molecular formula is C16H19NO2S. The van der Waals surface area contributed by atoms with Gasteiger partial charge in [0, 0.05) is 5.25 Å². The standard InChI is InChI=1S/C16H19NO2S/c1-10(20-11(2)16(17)18)12-4-5-14-9-15(19-3)7-6-13(14)8-12/h4-11H,1-3H3,(H2,17,18)/t10-,11+/m0/s1. The minimum atomic E-state index is -0.271. The van der Waals surface area contributed by atoms with E-state index in [1.807, 2.05) is 25.1 Å². The van der Waals surface area contributed by atoms with Gasteiger partial charge in [0.1, 0.15) is 5.75 Å². The van der Waals surface area contributed by atoms with E-state index in [4.69, 9.17) is 10.5 Å². The van der Waals surface area contributed by atoms with Gasteiger partial charge < -0.3 is 10.5 Å². The minimum Gasteiger partial charge on any atom is -0.497 e. The van der Waals surface area contributed by atoms with Gasteiger partial charge in [-0.25, -0.2) is 0 Å². The van der Waals surface area contributed by atoms with E-state index < -0.39 is 0 Å². The lowest BCUT2D eigenvalue weighted by Crippen LogP contribution is -2.23. The van der Waals surface area contributed by atoms with Gasteiger partial charge in [0.25, 0.3) is 0 Å². The van der Waals surface area contributed by atoms with Gasteiger partial charge in [-0.1, -0.05) is 24.3 Å². The summed E-state index contributed by atoms with van der Waals surface area (Å²) < 4.78 is 5.22. The summed E-state index contributed by atoms with van der Waals surface area (Å²) in [6.45, 7) is 3.93. The van der Waals surface area contributed by atoms with Crippen LogP contribution in [0, 0.1) is 0 Å². The molecule has 2 rings (SSSR count). The number of carbonyl (C=O) groups is 1. The van der Waals surface area contributed by atoms with E-state index in [1.54, 1.807) is 18.9 Å². The van der Waals surface area contributed by atoms with Crippen molar-refractivity contribution in [2.24, 2.45) is 5.73 Å². The highest BCUT2D eigenvalue weighted by Gasteiger charge is 2.15. The van der Waals surface area contributed by atoms with Gasteiger partial charge in [0.15, 0.2) is 0 Å². The fraction of sp³-hybridized carbons (Fsp3) is 0.312. The molecule has 0 unspecified atom stereocenters. The van der Waals surface area contributed by atoms with E-state index >= 15 is 0 Å². The molecule has 0 fully saturated rings. The number of ether oxygens (including phenoxy) is 1. The van der Waals surface area contributed by atoms with Crippen LogP contribution in [0.4, 0.5) is 0 Å². The van der Waals surface area contributed by atoms with Crippen LogP contribution >= 0.6 is 11.8 Å². The maximum atomic E-state index is 11.1. The van der Waals surface area contributed by atoms with E-state index in [0.717, 1.165) is 11.1 Å². The Morgan fingerprint density at radius 2 is 1.80 bits per heavy atom. The maximum absolute atomic E-state index is 11.1. The van der Waals surface area contributed by atoms with E-state index in [9.17, 15) is 4.79 Å². The minimum absolute atomic E-state index is 0.184. The molecule has 0 aliphatic rings. The number of fused-ring (bicyclic) bond motifs is 1. The molecule has 0 aliphatic carbocycles. The molecule has 2 N–H and O–H groups in total. The average molecular weight is 289 g/mol. The second kappa shape index (κ2) is 6.18. The summed E-state index contributed by atoms with van der Waals surface area (Å²) in [5.41, 5.74) is 6.51. The molecule has 0 saturated carbocycles. The van der Waals surface area contributed by atoms with Gasteiger partial charge in [-0.3, -0.25) is 4.79 Å². The zero-order chi connectivity index (χ0) is 14.7. The highest BCUT2D eigenvalue weighted by Crippen LogP contribution is 2.33. The third-order valence-corrected chi connectivity index (χ3v) is 4.67. The van der Waals surface area contributed by atoms with Gasteiger partial charge in [-0.05, 0) is 42.3 Å². The molecule has 0 spiro atoms. The van der Waals surface area contributed by atoms with Crippen LogP contribution in [0.2, 0.25) is 0 Å². The molecule has 2 atom stereocenters. The second-order valence-electron chi connectivity index (χ2n) is 4.80. The number of benzene rings is 2. The molecular weight excluding hydrogens is 270 g/mol. The number of hydrogen-bond donors (Lipinski definition) is 1. The van der Waals surface area contributed by atoms with Crippen molar-refractivity contribution in [3.63, 3.8) is 0 Å². The Labute approximate surface area is 123 Å². The van der Waals surface area contributed by atoms with Crippen LogP contribution in [0.1, 0.15) is 24.7 Å². The topological polar surface area (TPSA) is 52.3 Å².